The monoisotopic (exact) mass is 187 g/mol. The van der Waals surface area contributed by atoms with Gasteiger partial charge >= 0.3 is 0 Å². The molecule has 2 N–H and O–H groups in total. The summed E-state index contributed by atoms with van der Waals surface area (Å²) in [5.41, 5.74) is 5.27. The maximum atomic E-state index is 13.3. The predicted octanol–water partition coefficient (Wildman–Crippen LogP) is 1.68. The fourth-order valence-corrected chi connectivity index (χ4v) is 2.13. The second-order valence-electron chi connectivity index (χ2n) is 4.57. The normalized spacial score (nSPS) is 35.8. The van der Waals surface area contributed by atoms with Gasteiger partial charge in [0.2, 0.25) is 0 Å². The first kappa shape index (κ1) is 10.6. The number of carbonyl (C=O) groups excluding carboxylic acids is 1. The zero-order chi connectivity index (χ0) is 10.1. The first-order valence-corrected chi connectivity index (χ1v) is 4.85. The highest BCUT2D eigenvalue weighted by Gasteiger charge is 2.39. The highest BCUT2D eigenvalue weighted by atomic mass is 19.1. The minimum atomic E-state index is -0.932. The largest absolute Gasteiger partial charge is 0.325 e. The number of rotatable bonds is 2. The molecule has 1 fully saturated rings. The SMILES string of the molecule is CC(C)(C=O)C1CCCC(F)C1N. The first-order valence-electron chi connectivity index (χ1n) is 4.85. The topological polar surface area (TPSA) is 43.1 Å². The van der Waals surface area contributed by atoms with Crippen molar-refractivity contribution in [1.29, 1.82) is 0 Å². The molecule has 0 heterocycles. The molecule has 3 unspecified atom stereocenters. The highest BCUT2D eigenvalue weighted by molar-refractivity contribution is 5.58. The predicted molar refractivity (Wildman–Crippen MR) is 50.1 cm³/mol. The van der Waals surface area contributed by atoms with Crippen LogP contribution in [0.15, 0.2) is 0 Å². The van der Waals surface area contributed by atoms with E-state index in [1.165, 1.54) is 0 Å². The van der Waals surface area contributed by atoms with Crippen LogP contribution in [0.2, 0.25) is 0 Å². The molecule has 0 aromatic heterocycles. The molecule has 76 valence electrons. The molecule has 0 amide bonds. The van der Waals surface area contributed by atoms with Gasteiger partial charge < -0.3 is 10.5 Å². The van der Waals surface area contributed by atoms with E-state index < -0.39 is 17.6 Å². The standard InChI is InChI=1S/C10H18FNO/c1-10(2,6-13)7-4-3-5-8(11)9(7)12/h6-9H,3-5,12H2,1-2H3. The van der Waals surface area contributed by atoms with Gasteiger partial charge in [-0.2, -0.15) is 0 Å². The van der Waals surface area contributed by atoms with Crippen molar-refractivity contribution in [3.63, 3.8) is 0 Å². The molecule has 0 aromatic rings. The quantitative estimate of drug-likeness (QED) is 0.668. The van der Waals surface area contributed by atoms with Crippen LogP contribution in [0.1, 0.15) is 33.1 Å². The summed E-state index contributed by atoms with van der Waals surface area (Å²) in [7, 11) is 0. The molecule has 3 heteroatoms. The third kappa shape index (κ3) is 2.08. The summed E-state index contributed by atoms with van der Waals surface area (Å²) in [4.78, 5) is 10.8. The zero-order valence-corrected chi connectivity index (χ0v) is 8.29. The number of halogens is 1. The van der Waals surface area contributed by atoms with Crippen LogP contribution < -0.4 is 5.73 Å². The Hall–Kier alpha value is -0.440. The van der Waals surface area contributed by atoms with Gasteiger partial charge in [0.05, 0.1) is 0 Å². The number of alkyl halides is 1. The Kier molecular flexibility index (Phi) is 3.06. The summed E-state index contributed by atoms with van der Waals surface area (Å²) in [5, 5.41) is 0. The third-order valence-corrected chi connectivity index (χ3v) is 3.14. The lowest BCUT2D eigenvalue weighted by Crippen LogP contribution is -2.48. The number of aldehydes is 1. The van der Waals surface area contributed by atoms with Gasteiger partial charge in [-0.3, -0.25) is 0 Å². The Morgan fingerprint density at radius 3 is 2.62 bits per heavy atom. The molecule has 0 saturated heterocycles. The maximum Gasteiger partial charge on any atom is 0.125 e. The molecule has 1 rings (SSSR count). The van der Waals surface area contributed by atoms with Crippen molar-refractivity contribution in [2.75, 3.05) is 0 Å². The third-order valence-electron chi connectivity index (χ3n) is 3.14. The molecule has 0 bridgehead atoms. The van der Waals surface area contributed by atoms with E-state index in [0.717, 1.165) is 19.1 Å². The maximum absolute atomic E-state index is 13.3. The number of hydrogen-bond acceptors (Lipinski definition) is 2. The molecule has 1 aliphatic rings. The van der Waals surface area contributed by atoms with E-state index in [1.54, 1.807) is 0 Å². The Morgan fingerprint density at radius 2 is 2.08 bits per heavy atom. The second kappa shape index (κ2) is 3.74. The van der Waals surface area contributed by atoms with E-state index in [1.807, 2.05) is 13.8 Å². The van der Waals surface area contributed by atoms with E-state index in [-0.39, 0.29) is 5.92 Å². The summed E-state index contributed by atoms with van der Waals surface area (Å²) in [6.07, 6.45) is 2.23. The molecule has 2 nitrogen and oxygen atoms in total. The van der Waals surface area contributed by atoms with E-state index in [9.17, 15) is 9.18 Å². The van der Waals surface area contributed by atoms with Gasteiger partial charge in [-0.1, -0.05) is 20.3 Å². The van der Waals surface area contributed by atoms with Crippen molar-refractivity contribution in [2.45, 2.75) is 45.3 Å². The molecule has 0 aromatic carbocycles. The van der Waals surface area contributed by atoms with Crippen molar-refractivity contribution < 1.29 is 9.18 Å². The second-order valence-corrected chi connectivity index (χ2v) is 4.57. The van der Waals surface area contributed by atoms with Crippen LogP contribution in [0.4, 0.5) is 4.39 Å². The number of nitrogens with two attached hydrogens (primary N) is 1. The average Bonchev–Trinajstić information content (AvgIpc) is 2.09. The Labute approximate surface area is 78.7 Å². The lowest BCUT2D eigenvalue weighted by molar-refractivity contribution is -0.118. The first-order chi connectivity index (χ1) is 5.99. The van der Waals surface area contributed by atoms with Crippen molar-refractivity contribution in [1.82, 2.24) is 0 Å². The van der Waals surface area contributed by atoms with Crippen molar-refractivity contribution in [2.24, 2.45) is 17.1 Å². The van der Waals surface area contributed by atoms with Crippen molar-refractivity contribution in [3.8, 4) is 0 Å². The molecular formula is C10H18FNO. The lowest BCUT2D eigenvalue weighted by Gasteiger charge is -2.39. The summed E-state index contributed by atoms with van der Waals surface area (Å²) < 4.78 is 13.3. The van der Waals surface area contributed by atoms with Crippen LogP contribution in [0.5, 0.6) is 0 Å². The summed E-state index contributed by atoms with van der Waals surface area (Å²) >= 11 is 0. The zero-order valence-electron chi connectivity index (χ0n) is 8.29. The average molecular weight is 187 g/mol. The highest BCUT2D eigenvalue weighted by Crippen LogP contribution is 2.37. The number of hydrogen-bond donors (Lipinski definition) is 1. The van der Waals surface area contributed by atoms with Crippen LogP contribution in [0.25, 0.3) is 0 Å². The molecule has 3 atom stereocenters. The lowest BCUT2D eigenvalue weighted by atomic mass is 9.69. The van der Waals surface area contributed by atoms with Crippen LogP contribution in [-0.4, -0.2) is 18.5 Å². The molecular weight excluding hydrogens is 169 g/mol. The van der Waals surface area contributed by atoms with Gasteiger partial charge in [0.25, 0.3) is 0 Å². The van der Waals surface area contributed by atoms with Gasteiger partial charge in [0.15, 0.2) is 0 Å². The van der Waals surface area contributed by atoms with E-state index >= 15 is 0 Å². The summed E-state index contributed by atoms with van der Waals surface area (Å²) in [5.74, 6) is -0.00579. The molecule has 0 aliphatic heterocycles. The van der Waals surface area contributed by atoms with E-state index in [4.69, 9.17) is 5.73 Å². The fraction of sp³-hybridized carbons (Fsp3) is 0.900. The molecule has 1 aliphatic carbocycles. The van der Waals surface area contributed by atoms with Crippen LogP contribution >= 0.6 is 0 Å². The van der Waals surface area contributed by atoms with Gasteiger partial charge in [0.1, 0.15) is 12.5 Å². The van der Waals surface area contributed by atoms with Crippen LogP contribution in [0.3, 0.4) is 0 Å². The number of carbonyl (C=O) groups is 1. The smallest absolute Gasteiger partial charge is 0.125 e. The molecule has 0 radical (unpaired) electrons. The fourth-order valence-electron chi connectivity index (χ4n) is 2.13. The van der Waals surface area contributed by atoms with Gasteiger partial charge in [-0.15, -0.1) is 0 Å². The Balaban J connectivity index is 2.73. The Bertz CT molecular complexity index is 193. The molecule has 0 spiro atoms. The van der Waals surface area contributed by atoms with E-state index in [2.05, 4.69) is 0 Å². The van der Waals surface area contributed by atoms with Gasteiger partial charge in [0, 0.05) is 11.5 Å². The molecule has 13 heavy (non-hydrogen) atoms. The van der Waals surface area contributed by atoms with Gasteiger partial charge in [-0.25, -0.2) is 4.39 Å². The van der Waals surface area contributed by atoms with Crippen LogP contribution in [0, 0.1) is 11.3 Å². The summed E-state index contributed by atoms with van der Waals surface area (Å²) in [6.45, 7) is 3.67. The minimum absolute atomic E-state index is 0.00579. The molecule has 1 saturated carbocycles. The van der Waals surface area contributed by atoms with Gasteiger partial charge in [-0.05, 0) is 18.8 Å². The Morgan fingerprint density at radius 1 is 1.46 bits per heavy atom. The van der Waals surface area contributed by atoms with Crippen molar-refractivity contribution in [3.05, 3.63) is 0 Å². The minimum Gasteiger partial charge on any atom is -0.325 e. The van der Waals surface area contributed by atoms with E-state index in [0.29, 0.717) is 6.42 Å². The summed E-state index contributed by atoms with van der Waals surface area (Å²) in [6, 6.07) is -0.464. The van der Waals surface area contributed by atoms with Crippen LogP contribution in [-0.2, 0) is 4.79 Å². The van der Waals surface area contributed by atoms with Crippen molar-refractivity contribution >= 4 is 6.29 Å².